The van der Waals surface area contributed by atoms with Gasteiger partial charge in [-0.05, 0) is 90.8 Å². The minimum atomic E-state index is -1.78. The van der Waals surface area contributed by atoms with Crippen molar-refractivity contribution in [3.8, 4) is 17.9 Å². The van der Waals surface area contributed by atoms with E-state index in [1.165, 1.54) is 30.3 Å². The zero-order chi connectivity index (χ0) is 46.1. The molecule has 10 nitrogen and oxygen atoms in total. The van der Waals surface area contributed by atoms with Gasteiger partial charge in [-0.2, -0.15) is 5.26 Å². The fraction of sp³-hybridized carbons (Fsp3) is 0.340. The molecule has 64 heavy (non-hydrogen) atoms. The maximum atomic E-state index is 16.1. The molecule has 4 aromatic carbocycles. The van der Waals surface area contributed by atoms with Crippen LogP contribution in [-0.4, -0.2) is 53.2 Å². The first-order chi connectivity index (χ1) is 30.4. The van der Waals surface area contributed by atoms with E-state index < -0.39 is 52.4 Å². The van der Waals surface area contributed by atoms with E-state index in [0.717, 1.165) is 28.5 Å². The minimum absolute atomic E-state index is 0.0181. The molecule has 4 amide bonds. The fourth-order valence-corrected chi connectivity index (χ4v) is 9.53. The Morgan fingerprint density at radius 1 is 1.05 bits per heavy atom. The number of nitriles is 1. The van der Waals surface area contributed by atoms with E-state index >= 15 is 8.78 Å². The van der Waals surface area contributed by atoms with Gasteiger partial charge in [-0.3, -0.25) is 24.5 Å². The van der Waals surface area contributed by atoms with Crippen molar-refractivity contribution in [1.29, 1.82) is 5.26 Å². The molecule has 0 saturated carbocycles. The Hall–Kier alpha value is -6.05. The van der Waals surface area contributed by atoms with E-state index in [-0.39, 0.29) is 45.3 Å². The van der Waals surface area contributed by atoms with Crippen LogP contribution in [0.1, 0.15) is 103 Å². The summed E-state index contributed by atoms with van der Waals surface area (Å²) in [6.45, 7) is 12.7. The molecular formula is C50H48Cl2F2N6O4. The van der Waals surface area contributed by atoms with E-state index in [9.17, 15) is 24.4 Å². The molecule has 14 heteroatoms. The third-order valence-electron chi connectivity index (χ3n) is 12.2. The normalized spacial score (nSPS) is 21.7. The number of anilines is 1. The number of fused-ring (bicyclic) bond motifs is 1. The first-order valence-electron chi connectivity index (χ1n) is 21.1. The summed E-state index contributed by atoms with van der Waals surface area (Å²) in [7, 11) is 0. The van der Waals surface area contributed by atoms with E-state index in [4.69, 9.17) is 23.2 Å². The molecule has 5 atom stereocenters. The summed E-state index contributed by atoms with van der Waals surface area (Å²) in [6.07, 6.45) is 2.12. The second-order valence-electron chi connectivity index (χ2n) is 17.7. The molecule has 2 saturated heterocycles. The average molecular weight is 906 g/mol. The van der Waals surface area contributed by atoms with Gasteiger partial charge in [0.1, 0.15) is 23.1 Å². The second-order valence-corrected chi connectivity index (χ2v) is 18.6. The fourth-order valence-electron chi connectivity index (χ4n) is 9.19. The van der Waals surface area contributed by atoms with Crippen LogP contribution in [0.4, 0.5) is 14.5 Å². The number of rotatable bonds is 10. The monoisotopic (exact) mass is 904 g/mol. The molecule has 2 fully saturated rings. The van der Waals surface area contributed by atoms with Gasteiger partial charge in [-0.15, -0.1) is 0 Å². The first kappa shape index (κ1) is 46.0. The minimum Gasteiger partial charge on any atom is -0.355 e. The number of unbranched alkanes of at least 4 members (excludes halogenated alkanes) is 1. The Bertz CT molecular complexity index is 2680. The van der Waals surface area contributed by atoms with Crippen molar-refractivity contribution < 1.29 is 28.0 Å². The lowest BCUT2D eigenvalue weighted by Gasteiger charge is -2.37. The van der Waals surface area contributed by atoms with E-state index in [0.29, 0.717) is 55.6 Å². The number of halogens is 4. The largest absolute Gasteiger partial charge is 0.355 e. The Balaban J connectivity index is 1.03. The number of hydrogen-bond donors (Lipinski definition) is 4. The molecule has 330 valence electrons. The predicted molar refractivity (Wildman–Crippen MR) is 243 cm³/mol. The molecule has 0 radical (unpaired) electrons. The number of nitrogens with one attached hydrogen (secondary N) is 4. The van der Waals surface area contributed by atoms with Crippen molar-refractivity contribution in [3.05, 3.63) is 140 Å². The van der Waals surface area contributed by atoms with Crippen molar-refractivity contribution >= 4 is 58.2 Å². The van der Waals surface area contributed by atoms with Gasteiger partial charge in [0.15, 0.2) is 0 Å². The first-order valence-corrected chi connectivity index (χ1v) is 21.9. The van der Waals surface area contributed by atoms with Gasteiger partial charge >= 0.3 is 0 Å². The van der Waals surface area contributed by atoms with Crippen LogP contribution in [0.5, 0.6) is 0 Å². The second kappa shape index (κ2) is 18.6. The van der Waals surface area contributed by atoms with Crippen molar-refractivity contribution in [1.82, 2.24) is 20.9 Å². The Labute approximate surface area is 381 Å². The molecule has 3 aliphatic heterocycles. The topological polar surface area (TPSA) is 143 Å². The number of hydrogen-bond acceptors (Lipinski definition) is 7. The number of aryl methyl sites for hydroxylation is 1. The number of benzene rings is 4. The number of carbonyl (C=O) groups excluding carboxylic acids is 4. The average Bonchev–Trinajstić information content (AvgIpc) is 3.74. The van der Waals surface area contributed by atoms with Crippen molar-refractivity contribution in [2.75, 3.05) is 11.9 Å². The smallest absolute Gasteiger partial charge is 0.251 e. The highest BCUT2D eigenvalue weighted by atomic mass is 35.5. The molecule has 4 N–H and O–H groups in total. The third kappa shape index (κ3) is 9.14. The van der Waals surface area contributed by atoms with E-state index in [1.807, 2.05) is 43.9 Å². The summed E-state index contributed by atoms with van der Waals surface area (Å²) in [5.74, 6) is 2.13. The Kier molecular flexibility index (Phi) is 13.3. The summed E-state index contributed by atoms with van der Waals surface area (Å²) in [6, 6.07) is 18.8. The van der Waals surface area contributed by atoms with Gasteiger partial charge < -0.3 is 20.9 Å². The van der Waals surface area contributed by atoms with Crippen LogP contribution in [0.3, 0.4) is 0 Å². The number of imide groups is 1. The quantitative estimate of drug-likeness (QED) is 0.0709. The van der Waals surface area contributed by atoms with Crippen LogP contribution < -0.4 is 21.3 Å². The molecule has 0 aliphatic carbocycles. The molecule has 3 aliphatic rings. The summed E-state index contributed by atoms with van der Waals surface area (Å²) in [5, 5.41) is 22.6. The Morgan fingerprint density at radius 2 is 1.81 bits per heavy atom. The van der Waals surface area contributed by atoms with Crippen LogP contribution in [0.15, 0.2) is 79.4 Å². The molecule has 4 aromatic rings. The molecule has 0 spiro atoms. The summed E-state index contributed by atoms with van der Waals surface area (Å²) >= 11 is 12.4. The van der Waals surface area contributed by atoms with Gasteiger partial charge in [0.25, 0.3) is 5.91 Å². The molecule has 1 unspecified atom stereocenters. The van der Waals surface area contributed by atoms with E-state index in [2.05, 4.69) is 45.8 Å². The van der Waals surface area contributed by atoms with E-state index in [1.54, 1.807) is 25.1 Å². The highest BCUT2D eigenvalue weighted by Crippen LogP contribution is 2.53. The van der Waals surface area contributed by atoms with Crippen molar-refractivity contribution in [3.63, 3.8) is 0 Å². The highest BCUT2D eigenvalue weighted by Gasteiger charge is 2.61. The van der Waals surface area contributed by atoms with Crippen molar-refractivity contribution in [2.24, 2.45) is 5.41 Å². The number of piperidine rings is 1. The maximum Gasteiger partial charge on any atom is 0.251 e. The van der Waals surface area contributed by atoms with Gasteiger partial charge in [-0.1, -0.05) is 92.7 Å². The molecule has 0 aromatic heterocycles. The summed E-state index contributed by atoms with van der Waals surface area (Å²) < 4.78 is 32.1. The molecule has 0 bridgehead atoms. The van der Waals surface area contributed by atoms with Crippen molar-refractivity contribution in [2.45, 2.75) is 95.8 Å². The lowest BCUT2D eigenvalue weighted by Crippen LogP contribution is -2.50. The van der Waals surface area contributed by atoms with Crippen LogP contribution in [0, 0.1) is 47.1 Å². The summed E-state index contributed by atoms with van der Waals surface area (Å²) in [5.41, 5.74) is 2.57. The van der Waals surface area contributed by atoms with Gasteiger partial charge in [0, 0.05) is 76.6 Å². The molecule has 7 rings (SSSR count). The molecular weight excluding hydrogens is 857 g/mol. The predicted octanol–water partition coefficient (Wildman–Crippen LogP) is 8.69. The van der Waals surface area contributed by atoms with Gasteiger partial charge in [-0.25, -0.2) is 8.78 Å². The Morgan fingerprint density at radius 3 is 2.52 bits per heavy atom. The zero-order valence-electron chi connectivity index (χ0n) is 35.9. The van der Waals surface area contributed by atoms with Gasteiger partial charge in [0.05, 0.1) is 17.1 Å². The molecule has 3 heterocycles. The van der Waals surface area contributed by atoms with Crippen LogP contribution in [0.2, 0.25) is 10.0 Å². The highest BCUT2D eigenvalue weighted by molar-refractivity contribution is 6.31. The number of nitrogens with zero attached hydrogens (tertiary/aromatic N) is 2. The lowest BCUT2D eigenvalue weighted by molar-refractivity contribution is -0.136. The maximum absolute atomic E-state index is 16.1. The summed E-state index contributed by atoms with van der Waals surface area (Å²) in [4.78, 5) is 53.9. The third-order valence-corrected chi connectivity index (χ3v) is 12.7. The van der Waals surface area contributed by atoms with Crippen LogP contribution in [-0.2, 0) is 26.3 Å². The van der Waals surface area contributed by atoms with Crippen LogP contribution in [0.25, 0.3) is 5.70 Å². The SMILES string of the molecule is C=C1c2cccc(C#CCCCNC(=O)c3ccc(NC(=O)[C@@H]4N[C@@H](CC(C)(C)C)[C@](C#N)(c5ccc(Cl)cc5F)[C@H]4c4cccc(Cl)c4F)c(C)c3)c2CN1C1CCC(=O)NC1=O. The number of carbonyl (C=O) groups is 4. The zero-order valence-corrected chi connectivity index (χ0v) is 37.4. The standard InChI is InChI=1S/C50H48Cl2F2N6O4/c1-28-23-31(46(62)56-22-8-6-7-11-30-12-9-13-33-29(2)60(26-35(30)33)40-20-21-42(61)59-47(40)63)16-19-39(28)57-48(64)45-43(34-14-10-15-37(52)44(34)54)50(27-55,41(58-45)25-49(3,4)5)36-18-17-32(51)24-38(36)53/h9-10,12-19,23-24,40-41,43,45,58H,2,6,8,20-22,25-26H2,1,3-5H3,(H,56,62)(H,57,64)(H,59,61,63)/t40?,41-,43-,45+,50-/m0/s1. The van der Waals surface area contributed by atoms with Crippen LogP contribution >= 0.6 is 23.2 Å². The lowest BCUT2D eigenvalue weighted by atomic mass is 9.62. The number of amides is 4. The van der Waals surface area contributed by atoms with Gasteiger partial charge in [0.2, 0.25) is 17.7 Å².